The molecule has 0 aliphatic rings. The van der Waals surface area contributed by atoms with Crippen molar-refractivity contribution in [2.75, 3.05) is 6.54 Å². The van der Waals surface area contributed by atoms with Crippen molar-refractivity contribution in [3.05, 3.63) is 41.5 Å². The molecule has 1 aromatic carbocycles. The fourth-order valence-electron chi connectivity index (χ4n) is 1.49. The first-order valence-corrected chi connectivity index (χ1v) is 5.52. The lowest BCUT2D eigenvalue weighted by Crippen LogP contribution is -2.17. The fraction of sp³-hybridized carbons (Fsp3) is 0.333. The van der Waals surface area contributed by atoms with E-state index in [1.54, 1.807) is 19.1 Å². The highest BCUT2D eigenvalue weighted by Crippen LogP contribution is 2.09. The Bertz CT molecular complexity index is 465. The minimum atomic E-state index is 0.288. The predicted octanol–water partition coefficient (Wildman–Crippen LogP) is 1.42. The van der Waals surface area contributed by atoms with E-state index < -0.39 is 0 Å². The molecule has 2 aromatic rings. The zero-order valence-corrected chi connectivity index (χ0v) is 9.68. The average molecular weight is 233 g/mol. The maximum absolute atomic E-state index is 9.13. The third-order valence-corrected chi connectivity index (χ3v) is 2.36. The molecule has 0 saturated heterocycles. The molecule has 1 heterocycles. The largest absolute Gasteiger partial charge is 0.508 e. The van der Waals surface area contributed by atoms with Gasteiger partial charge < -0.3 is 14.9 Å². The quantitative estimate of drug-likeness (QED) is 0.764. The van der Waals surface area contributed by atoms with Crippen molar-refractivity contribution < 1.29 is 9.63 Å². The van der Waals surface area contributed by atoms with Crippen LogP contribution in [0.15, 0.2) is 28.8 Å². The Hall–Kier alpha value is -1.88. The van der Waals surface area contributed by atoms with E-state index in [4.69, 9.17) is 9.63 Å². The molecule has 90 valence electrons. The molecule has 5 nitrogen and oxygen atoms in total. The first-order chi connectivity index (χ1) is 8.24. The van der Waals surface area contributed by atoms with Crippen molar-refractivity contribution in [1.82, 2.24) is 15.5 Å². The summed E-state index contributed by atoms with van der Waals surface area (Å²) in [6.07, 6.45) is 0.745. The molecule has 0 unspecified atom stereocenters. The van der Waals surface area contributed by atoms with E-state index in [1.807, 2.05) is 12.1 Å². The van der Waals surface area contributed by atoms with Gasteiger partial charge in [0.05, 0.1) is 0 Å². The Labute approximate surface area is 99.5 Å². The summed E-state index contributed by atoms with van der Waals surface area (Å²) in [5.74, 6) is 1.61. The third kappa shape index (κ3) is 3.57. The number of hydrogen-bond acceptors (Lipinski definition) is 5. The van der Waals surface area contributed by atoms with Crippen molar-refractivity contribution >= 4 is 0 Å². The van der Waals surface area contributed by atoms with Crippen LogP contribution in [-0.4, -0.2) is 21.8 Å². The van der Waals surface area contributed by atoms with Gasteiger partial charge in [-0.3, -0.25) is 0 Å². The summed E-state index contributed by atoms with van der Waals surface area (Å²) in [6, 6.07) is 7.14. The lowest BCUT2D eigenvalue weighted by molar-refractivity contribution is 0.387. The lowest BCUT2D eigenvalue weighted by Gasteiger charge is -2.03. The number of nitrogens with one attached hydrogen (secondary N) is 1. The Morgan fingerprint density at radius 1 is 1.29 bits per heavy atom. The predicted molar refractivity (Wildman–Crippen MR) is 62.6 cm³/mol. The van der Waals surface area contributed by atoms with E-state index in [0.717, 1.165) is 30.9 Å². The molecule has 0 saturated carbocycles. The maximum atomic E-state index is 9.13. The van der Waals surface area contributed by atoms with Gasteiger partial charge in [-0.25, -0.2) is 0 Å². The Morgan fingerprint density at radius 3 is 2.71 bits per heavy atom. The normalized spacial score (nSPS) is 10.6. The van der Waals surface area contributed by atoms with Gasteiger partial charge >= 0.3 is 0 Å². The molecule has 2 N–H and O–H groups in total. The number of nitrogens with zero attached hydrogens (tertiary/aromatic N) is 2. The summed E-state index contributed by atoms with van der Waals surface area (Å²) in [4.78, 5) is 4.12. The molecule has 0 fully saturated rings. The van der Waals surface area contributed by atoms with Gasteiger partial charge in [-0.05, 0) is 17.7 Å². The van der Waals surface area contributed by atoms with Crippen LogP contribution < -0.4 is 5.32 Å². The van der Waals surface area contributed by atoms with E-state index in [2.05, 4.69) is 15.5 Å². The summed E-state index contributed by atoms with van der Waals surface area (Å²) in [5.41, 5.74) is 1.13. The molecule has 5 heteroatoms. The molecule has 1 aromatic heterocycles. The van der Waals surface area contributed by atoms with Gasteiger partial charge in [-0.2, -0.15) is 4.98 Å². The fourth-order valence-corrected chi connectivity index (χ4v) is 1.49. The maximum Gasteiger partial charge on any atom is 0.223 e. The minimum Gasteiger partial charge on any atom is -0.508 e. The molecular weight excluding hydrogens is 218 g/mol. The second-order valence-corrected chi connectivity index (χ2v) is 3.82. The Balaban J connectivity index is 1.71. The molecule has 0 aliphatic carbocycles. The first-order valence-electron chi connectivity index (χ1n) is 5.52. The molecule has 2 rings (SSSR count). The molecule has 0 aliphatic heterocycles. The first kappa shape index (κ1) is 11.6. The SMILES string of the molecule is Cc1nc(CCNCc2ccc(O)cc2)no1. The molecule has 17 heavy (non-hydrogen) atoms. The van der Waals surface area contributed by atoms with Crippen LogP contribution in [0.2, 0.25) is 0 Å². The number of aryl methyl sites for hydroxylation is 1. The Kier molecular flexibility index (Phi) is 3.72. The van der Waals surface area contributed by atoms with E-state index in [9.17, 15) is 0 Å². The second-order valence-electron chi connectivity index (χ2n) is 3.82. The molecule has 0 bridgehead atoms. The number of phenolic OH excluding ortho intramolecular Hbond substituents is 1. The number of phenols is 1. The Morgan fingerprint density at radius 2 is 2.06 bits per heavy atom. The molecular formula is C12H15N3O2. The highest BCUT2D eigenvalue weighted by molar-refractivity contribution is 5.25. The van der Waals surface area contributed by atoms with Gasteiger partial charge in [0.15, 0.2) is 5.82 Å². The van der Waals surface area contributed by atoms with Crippen LogP contribution >= 0.6 is 0 Å². The summed E-state index contributed by atoms with van der Waals surface area (Å²) in [7, 11) is 0. The average Bonchev–Trinajstić information content (AvgIpc) is 2.73. The van der Waals surface area contributed by atoms with Crippen LogP contribution in [0, 0.1) is 6.92 Å². The van der Waals surface area contributed by atoms with Crippen molar-refractivity contribution in [1.29, 1.82) is 0 Å². The topological polar surface area (TPSA) is 71.2 Å². The standard InChI is InChI=1S/C12H15N3O2/c1-9-14-12(15-17-9)6-7-13-8-10-2-4-11(16)5-3-10/h2-5,13,16H,6-8H2,1H3. The number of aromatic hydroxyl groups is 1. The number of hydrogen-bond donors (Lipinski definition) is 2. The van der Waals surface area contributed by atoms with E-state index in [0.29, 0.717) is 5.89 Å². The van der Waals surface area contributed by atoms with Crippen LogP contribution in [0.25, 0.3) is 0 Å². The highest BCUT2D eigenvalue weighted by atomic mass is 16.5. The van der Waals surface area contributed by atoms with Gasteiger partial charge in [0.1, 0.15) is 5.75 Å². The minimum absolute atomic E-state index is 0.288. The smallest absolute Gasteiger partial charge is 0.223 e. The highest BCUT2D eigenvalue weighted by Gasteiger charge is 2.01. The van der Waals surface area contributed by atoms with E-state index in [-0.39, 0.29) is 5.75 Å². The monoisotopic (exact) mass is 233 g/mol. The molecule has 0 spiro atoms. The van der Waals surface area contributed by atoms with Gasteiger partial charge in [-0.1, -0.05) is 17.3 Å². The van der Waals surface area contributed by atoms with Crippen molar-refractivity contribution in [2.45, 2.75) is 19.9 Å². The number of benzene rings is 1. The van der Waals surface area contributed by atoms with Crippen molar-refractivity contribution in [2.24, 2.45) is 0 Å². The lowest BCUT2D eigenvalue weighted by atomic mass is 10.2. The van der Waals surface area contributed by atoms with Crippen LogP contribution in [0.3, 0.4) is 0 Å². The summed E-state index contributed by atoms with van der Waals surface area (Å²) >= 11 is 0. The van der Waals surface area contributed by atoms with Gasteiger partial charge in [0.2, 0.25) is 5.89 Å². The van der Waals surface area contributed by atoms with Gasteiger partial charge in [0.25, 0.3) is 0 Å². The van der Waals surface area contributed by atoms with Crippen LogP contribution in [0.1, 0.15) is 17.3 Å². The van der Waals surface area contributed by atoms with Gasteiger partial charge in [0, 0.05) is 26.4 Å². The zero-order chi connectivity index (χ0) is 12.1. The summed E-state index contributed by atoms with van der Waals surface area (Å²) in [6.45, 7) is 3.33. The van der Waals surface area contributed by atoms with Crippen LogP contribution in [-0.2, 0) is 13.0 Å². The van der Waals surface area contributed by atoms with E-state index in [1.165, 1.54) is 0 Å². The number of aromatic nitrogens is 2. The zero-order valence-electron chi connectivity index (χ0n) is 9.68. The molecule has 0 atom stereocenters. The van der Waals surface area contributed by atoms with Crippen LogP contribution in [0.5, 0.6) is 5.75 Å². The molecule has 0 amide bonds. The summed E-state index contributed by atoms with van der Waals surface area (Å²) < 4.78 is 4.88. The van der Waals surface area contributed by atoms with E-state index >= 15 is 0 Å². The van der Waals surface area contributed by atoms with Crippen LogP contribution in [0.4, 0.5) is 0 Å². The summed E-state index contributed by atoms with van der Waals surface area (Å²) in [5, 5.41) is 16.2. The second kappa shape index (κ2) is 5.45. The van der Waals surface area contributed by atoms with Gasteiger partial charge in [-0.15, -0.1) is 0 Å². The van der Waals surface area contributed by atoms with Crippen molar-refractivity contribution in [3.63, 3.8) is 0 Å². The number of rotatable bonds is 5. The van der Waals surface area contributed by atoms with Crippen molar-refractivity contribution in [3.8, 4) is 5.75 Å². The molecule has 0 radical (unpaired) electrons. The third-order valence-electron chi connectivity index (χ3n) is 2.36.